The van der Waals surface area contributed by atoms with Crippen LogP contribution in [-0.2, 0) is 0 Å². The molecule has 2 fully saturated rings. The van der Waals surface area contributed by atoms with E-state index in [0.29, 0.717) is 18.7 Å². The summed E-state index contributed by atoms with van der Waals surface area (Å²) in [5.41, 5.74) is 0.198. The standard InChI is InChI=1S/C15H21N3O2/c19-14(17-10-7-16-8-11-17)13-6-3-9-18(15(13)20)12-4-1-2-5-12/h3,6,9,12,16H,1-2,4-5,7-8,10-11H2. The fraction of sp³-hybridized carbons (Fsp3) is 0.600. The van der Waals surface area contributed by atoms with Crippen molar-refractivity contribution < 1.29 is 4.79 Å². The summed E-state index contributed by atoms with van der Waals surface area (Å²) >= 11 is 0. The van der Waals surface area contributed by atoms with E-state index in [-0.39, 0.29) is 17.5 Å². The summed E-state index contributed by atoms with van der Waals surface area (Å²) in [4.78, 5) is 26.8. The summed E-state index contributed by atoms with van der Waals surface area (Å²) in [6.45, 7) is 2.96. The number of aromatic nitrogens is 1. The number of carbonyl (C=O) groups excluding carboxylic acids is 1. The first-order valence-corrected chi connectivity index (χ1v) is 7.48. The maximum Gasteiger partial charge on any atom is 0.263 e. The lowest BCUT2D eigenvalue weighted by Crippen LogP contribution is -2.48. The third kappa shape index (κ3) is 2.50. The van der Waals surface area contributed by atoms with E-state index in [1.807, 2.05) is 12.3 Å². The van der Waals surface area contributed by atoms with E-state index >= 15 is 0 Å². The highest BCUT2D eigenvalue weighted by Crippen LogP contribution is 2.28. The summed E-state index contributed by atoms with van der Waals surface area (Å²) in [5.74, 6) is -0.121. The van der Waals surface area contributed by atoms with Gasteiger partial charge in [-0.1, -0.05) is 12.8 Å². The van der Waals surface area contributed by atoms with Crippen LogP contribution in [0.25, 0.3) is 0 Å². The first-order chi connectivity index (χ1) is 9.77. The van der Waals surface area contributed by atoms with Gasteiger partial charge in [0.1, 0.15) is 5.56 Å². The zero-order valence-electron chi connectivity index (χ0n) is 11.7. The van der Waals surface area contributed by atoms with Gasteiger partial charge in [-0.2, -0.15) is 0 Å². The van der Waals surface area contributed by atoms with Gasteiger partial charge >= 0.3 is 0 Å². The fourth-order valence-electron chi connectivity index (χ4n) is 3.18. The average molecular weight is 275 g/mol. The molecule has 1 amide bonds. The number of hydrogen-bond donors (Lipinski definition) is 1. The number of pyridine rings is 1. The molecule has 2 heterocycles. The molecule has 0 aromatic carbocycles. The lowest BCUT2D eigenvalue weighted by Gasteiger charge is -2.27. The summed E-state index contributed by atoms with van der Waals surface area (Å²) < 4.78 is 1.77. The maximum atomic E-state index is 12.5. The van der Waals surface area contributed by atoms with Crippen molar-refractivity contribution in [2.75, 3.05) is 26.2 Å². The molecule has 0 spiro atoms. The van der Waals surface area contributed by atoms with Crippen LogP contribution in [0.1, 0.15) is 42.1 Å². The van der Waals surface area contributed by atoms with Crippen LogP contribution in [0.3, 0.4) is 0 Å². The van der Waals surface area contributed by atoms with Gasteiger partial charge in [-0.25, -0.2) is 0 Å². The van der Waals surface area contributed by atoms with Crippen LogP contribution in [0.4, 0.5) is 0 Å². The van der Waals surface area contributed by atoms with E-state index in [1.165, 1.54) is 12.8 Å². The smallest absolute Gasteiger partial charge is 0.263 e. The average Bonchev–Trinajstić information content (AvgIpc) is 3.02. The van der Waals surface area contributed by atoms with Crippen molar-refractivity contribution >= 4 is 5.91 Å². The van der Waals surface area contributed by atoms with Crippen molar-refractivity contribution in [1.82, 2.24) is 14.8 Å². The van der Waals surface area contributed by atoms with Crippen LogP contribution in [0, 0.1) is 0 Å². The Morgan fingerprint density at radius 1 is 1.20 bits per heavy atom. The molecule has 5 heteroatoms. The van der Waals surface area contributed by atoms with Crippen LogP contribution >= 0.6 is 0 Å². The van der Waals surface area contributed by atoms with Gasteiger partial charge in [0.25, 0.3) is 11.5 Å². The number of nitrogens with zero attached hydrogens (tertiary/aromatic N) is 2. The minimum absolute atomic E-state index is 0.121. The van der Waals surface area contributed by atoms with Crippen LogP contribution < -0.4 is 10.9 Å². The van der Waals surface area contributed by atoms with Gasteiger partial charge in [0.05, 0.1) is 0 Å². The number of hydrogen-bond acceptors (Lipinski definition) is 3. The number of amides is 1. The van der Waals surface area contributed by atoms with Crippen LogP contribution in [0.5, 0.6) is 0 Å². The van der Waals surface area contributed by atoms with Gasteiger partial charge in [0.15, 0.2) is 0 Å². The van der Waals surface area contributed by atoms with Crippen molar-refractivity contribution in [1.29, 1.82) is 0 Å². The second kappa shape index (κ2) is 5.79. The third-order valence-electron chi connectivity index (χ3n) is 4.33. The van der Waals surface area contributed by atoms with Gasteiger partial charge in [-0.3, -0.25) is 9.59 Å². The summed E-state index contributed by atoms with van der Waals surface area (Å²) in [6.07, 6.45) is 6.27. The molecule has 20 heavy (non-hydrogen) atoms. The fourth-order valence-corrected chi connectivity index (χ4v) is 3.18. The van der Waals surface area contributed by atoms with Crippen molar-refractivity contribution in [2.24, 2.45) is 0 Å². The number of piperazine rings is 1. The Hall–Kier alpha value is -1.62. The van der Waals surface area contributed by atoms with Gasteiger partial charge in [0.2, 0.25) is 0 Å². The Morgan fingerprint density at radius 3 is 2.60 bits per heavy atom. The molecule has 1 saturated heterocycles. The highest BCUT2D eigenvalue weighted by Gasteiger charge is 2.24. The van der Waals surface area contributed by atoms with Crippen LogP contribution in [0.15, 0.2) is 23.1 Å². The van der Waals surface area contributed by atoms with E-state index in [2.05, 4.69) is 5.32 Å². The monoisotopic (exact) mass is 275 g/mol. The highest BCUT2D eigenvalue weighted by atomic mass is 16.2. The molecule has 1 N–H and O–H groups in total. The van der Waals surface area contributed by atoms with Crippen molar-refractivity contribution in [3.8, 4) is 0 Å². The second-order valence-corrected chi connectivity index (χ2v) is 5.61. The van der Waals surface area contributed by atoms with Crippen molar-refractivity contribution in [2.45, 2.75) is 31.7 Å². The highest BCUT2D eigenvalue weighted by molar-refractivity contribution is 5.93. The normalized spacial score (nSPS) is 20.3. The topological polar surface area (TPSA) is 54.3 Å². The van der Waals surface area contributed by atoms with E-state index in [9.17, 15) is 9.59 Å². The molecule has 1 aliphatic carbocycles. The zero-order valence-corrected chi connectivity index (χ0v) is 11.7. The summed E-state index contributed by atoms with van der Waals surface area (Å²) in [6, 6.07) is 3.77. The van der Waals surface area contributed by atoms with Crippen LogP contribution in [0.2, 0.25) is 0 Å². The Morgan fingerprint density at radius 2 is 1.90 bits per heavy atom. The van der Waals surface area contributed by atoms with Gasteiger partial charge < -0.3 is 14.8 Å². The Balaban J connectivity index is 1.87. The minimum atomic E-state index is -0.122. The molecular formula is C15H21N3O2. The van der Waals surface area contributed by atoms with Crippen molar-refractivity contribution in [3.63, 3.8) is 0 Å². The third-order valence-corrected chi connectivity index (χ3v) is 4.33. The zero-order chi connectivity index (χ0) is 13.9. The molecule has 1 saturated carbocycles. The van der Waals surface area contributed by atoms with Crippen molar-refractivity contribution in [3.05, 3.63) is 34.2 Å². The molecule has 5 nitrogen and oxygen atoms in total. The molecular weight excluding hydrogens is 254 g/mol. The molecule has 2 aliphatic rings. The Labute approximate surface area is 118 Å². The first kappa shape index (κ1) is 13.4. The van der Waals surface area contributed by atoms with E-state index in [0.717, 1.165) is 25.9 Å². The van der Waals surface area contributed by atoms with E-state index in [1.54, 1.807) is 15.5 Å². The second-order valence-electron chi connectivity index (χ2n) is 5.61. The molecule has 3 rings (SSSR count). The van der Waals surface area contributed by atoms with Gasteiger partial charge in [-0.05, 0) is 25.0 Å². The maximum absolute atomic E-state index is 12.5. The minimum Gasteiger partial charge on any atom is -0.336 e. The summed E-state index contributed by atoms with van der Waals surface area (Å²) in [5, 5.41) is 3.21. The molecule has 0 atom stereocenters. The SMILES string of the molecule is O=C(c1cccn(C2CCCC2)c1=O)N1CCNCC1. The lowest BCUT2D eigenvalue weighted by molar-refractivity contribution is 0.0733. The van der Waals surface area contributed by atoms with E-state index < -0.39 is 0 Å². The molecule has 1 aromatic heterocycles. The van der Waals surface area contributed by atoms with Crippen LogP contribution in [-0.4, -0.2) is 41.6 Å². The lowest BCUT2D eigenvalue weighted by atomic mass is 10.2. The van der Waals surface area contributed by atoms with E-state index in [4.69, 9.17) is 0 Å². The largest absolute Gasteiger partial charge is 0.336 e. The number of nitrogens with one attached hydrogen (secondary N) is 1. The molecule has 1 aliphatic heterocycles. The quantitative estimate of drug-likeness (QED) is 0.876. The molecule has 0 radical (unpaired) electrons. The molecule has 0 unspecified atom stereocenters. The predicted molar refractivity (Wildman–Crippen MR) is 77.0 cm³/mol. The Kier molecular flexibility index (Phi) is 3.87. The predicted octanol–water partition coefficient (Wildman–Crippen LogP) is 1.01. The van der Waals surface area contributed by atoms with Gasteiger partial charge in [-0.15, -0.1) is 0 Å². The van der Waals surface area contributed by atoms with Gasteiger partial charge in [0, 0.05) is 38.4 Å². The molecule has 1 aromatic rings. The molecule has 0 bridgehead atoms. The number of rotatable bonds is 2. The summed E-state index contributed by atoms with van der Waals surface area (Å²) in [7, 11) is 0. The Bertz CT molecular complexity index is 540. The first-order valence-electron chi connectivity index (χ1n) is 7.48. The number of carbonyl (C=O) groups is 1. The molecule has 108 valence electrons.